The summed E-state index contributed by atoms with van der Waals surface area (Å²) >= 11 is 0. The van der Waals surface area contributed by atoms with Gasteiger partial charge in [-0.3, -0.25) is 19.9 Å². The number of benzene rings is 1. The van der Waals surface area contributed by atoms with Gasteiger partial charge in [0.15, 0.2) is 0 Å². The third kappa shape index (κ3) is 2.49. The number of pyridine rings is 1. The molecule has 1 aliphatic rings. The minimum atomic E-state index is -0.541. The fourth-order valence-electron chi connectivity index (χ4n) is 3.26. The van der Waals surface area contributed by atoms with Gasteiger partial charge in [-0.05, 0) is 24.3 Å². The molecule has 26 heavy (non-hydrogen) atoms. The van der Waals surface area contributed by atoms with Crippen molar-refractivity contribution < 1.29 is 19.1 Å². The van der Waals surface area contributed by atoms with Crippen molar-refractivity contribution in [2.45, 2.75) is 6.54 Å². The third-order valence-electron chi connectivity index (χ3n) is 4.33. The second-order valence-corrected chi connectivity index (χ2v) is 5.90. The molecule has 1 aromatic carbocycles. The first-order valence-electron chi connectivity index (χ1n) is 8.00. The molecule has 1 aliphatic heterocycles. The van der Waals surface area contributed by atoms with Crippen LogP contribution in [0.1, 0.15) is 11.1 Å². The molecule has 0 radical (unpaired) electrons. The number of hydrogen-bond donors (Lipinski definition) is 2. The van der Waals surface area contributed by atoms with E-state index in [2.05, 4.69) is 10.3 Å². The molecular formula is C19H14FN3O3. The number of hydrogen-bond acceptors (Lipinski definition) is 4. The van der Waals surface area contributed by atoms with Crippen LogP contribution in [-0.4, -0.2) is 33.1 Å². The van der Waals surface area contributed by atoms with Gasteiger partial charge in [-0.15, -0.1) is 0 Å². The molecule has 0 unspecified atom stereocenters. The van der Waals surface area contributed by atoms with Crippen LogP contribution in [0.5, 0.6) is 0 Å². The number of amides is 2. The molecule has 3 aromatic rings. The van der Waals surface area contributed by atoms with Gasteiger partial charge in [0, 0.05) is 47.2 Å². The third-order valence-corrected chi connectivity index (χ3v) is 4.33. The van der Waals surface area contributed by atoms with Crippen molar-refractivity contribution in [2.75, 3.05) is 6.61 Å². The summed E-state index contributed by atoms with van der Waals surface area (Å²) < 4.78 is 15.6. The van der Waals surface area contributed by atoms with Crippen molar-refractivity contribution in [1.29, 1.82) is 0 Å². The van der Waals surface area contributed by atoms with Crippen molar-refractivity contribution in [3.63, 3.8) is 0 Å². The Hall–Kier alpha value is -3.32. The van der Waals surface area contributed by atoms with E-state index in [0.29, 0.717) is 22.0 Å². The van der Waals surface area contributed by atoms with Crippen molar-refractivity contribution in [1.82, 2.24) is 14.9 Å². The number of carbonyl (C=O) groups is 2. The van der Waals surface area contributed by atoms with Gasteiger partial charge in [0.1, 0.15) is 5.82 Å². The number of imide groups is 1. The van der Waals surface area contributed by atoms with E-state index in [1.807, 2.05) is 0 Å². The predicted molar refractivity (Wildman–Crippen MR) is 93.2 cm³/mol. The number of rotatable bonds is 4. The lowest BCUT2D eigenvalue weighted by molar-refractivity contribution is -0.122. The Kier molecular flexibility index (Phi) is 3.85. The second kappa shape index (κ2) is 6.20. The fourth-order valence-corrected chi connectivity index (χ4v) is 3.26. The van der Waals surface area contributed by atoms with E-state index in [4.69, 9.17) is 0 Å². The molecule has 0 bridgehead atoms. The molecule has 2 amide bonds. The summed E-state index contributed by atoms with van der Waals surface area (Å²) in [6.07, 6.45) is 4.73. The van der Waals surface area contributed by atoms with Gasteiger partial charge in [-0.1, -0.05) is 6.07 Å². The van der Waals surface area contributed by atoms with Crippen molar-refractivity contribution in [3.05, 3.63) is 65.9 Å². The zero-order valence-electron chi connectivity index (χ0n) is 13.6. The Labute approximate surface area is 147 Å². The molecule has 0 spiro atoms. The monoisotopic (exact) mass is 351 g/mol. The van der Waals surface area contributed by atoms with E-state index >= 15 is 0 Å². The Morgan fingerprint density at radius 2 is 1.96 bits per heavy atom. The maximum atomic E-state index is 13.8. The average Bonchev–Trinajstić information content (AvgIpc) is 3.12. The summed E-state index contributed by atoms with van der Waals surface area (Å²) in [5.41, 5.74) is 1.99. The summed E-state index contributed by atoms with van der Waals surface area (Å²) in [7, 11) is 0. The number of halogens is 1. The molecule has 0 saturated carbocycles. The SMILES string of the molecule is O=C1NC(=O)C(c2cn(CCO)c3ccc(F)cc23)=C1c1cccnc1. The molecule has 7 heteroatoms. The van der Waals surface area contributed by atoms with Gasteiger partial charge >= 0.3 is 0 Å². The van der Waals surface area contributed by atoms with Gasteiger partial charge in [-0.25, -0.2) is 4.39 Å². The molecule has 2 N–H and O–H groups in total. The molecule has 0 aliphatic carbocycles. The summed E-state index contributed by atoms with van der Waals surface area (Å²) in [4.78, 5) is 28.9. The number of aliphatic hydroxyl groups excluding tert-OH is 1. The van der Waals surface area contributed by atoms with Crippen LogP contribution in [0.2, 0.25) is 0 Å². The maximum absolute atomic E-state index is 13.8. The molecule has 0 saturated heterocycles. The zero-order chi connectivity index (χ0) is 18.3. The maximum Gasteiger partial charge on any atom is 0.259 e. The Bertz CT molecular complexity index is 1070. The minimum Gasteiger partial charge on any atom is -0.395 e. The summed E-state index contributed by atoms with van der Waals surface area (Å²) in [6, 6.07) is 7.58. The second-order valence-electron chi connectivity index (χ2n) is 5.90. The summed E-state index contributed by atoms with van der Waals surface area (Å²) in [5.74, 6) is -1.51. The van der Waals surface area contributed by atoms with Gasteiger partial charge in [0.25, 0.3) is 11.8 Å². The standard InChI is InChI=1S/C19H14FN3O3/c20-12-3-4-15-13(8-12)14(10-23(15)6-7-24)17-16(18(25)22-19(17)26)11-2-1-5-21-9-11/h1-5,8-10,24H,6-7H2,(H,22,25,26). The summed E-state index contributed by atoms with van der Waals surface area (Å²) in [5, 5.41) is 12.1. The Balaban J connectivity index is 2.03. The Morgan fingerprint density at radius 3 is 2.69 bits per heavy atom. The van der Waals surface area contributed by atoms with Crippen LogP contribution in [0, 0.1) is 5.82 Å². The number of nitrogens with zero attached hydrogens (tertiary/aromatic N) is 2. The average molecular weight is 351 g/mol. The molecule has 6 nitrogen and oxygen atoms in total. The molecule has 4 rings (SSSR count). The summed E-state index contributed by atoms with van der Waals surface area (Å²) in [6.45, 7) is 0.174. The van der Waals surface area contributed by atoms with Crippen LogP contribution in [0.3, 0.4) is 0 Å². The molecule has 130 valence electrons. The van der Waals surface area contributed by atoms with Crippen LogP contribution in [0.15, 0.2) is 48.9 Å². The van der Waals surface area contributed by atoms with Crippen LogP contribution in [0.25, 0.3) is 22.0 Å². The minimum absolute atomic E-state index is 0.111. The number of fused-ring (bicyclic) bond motifs is 1. The van der Waals surface area contributed by atoms with Crippen LogP contribution in [0.4, 0.5) is 4.39 Å². The predicted octanol–water partition coefficient (Wildman–Crippen LogP) is 1.73. The van der Waals surface area contributed by atoms with Gasteiger partial charge in [0.05, 0.1) is 17.8 Å². The van der Waals surface area contributed by atoms with Crippen LogP contribution in [-0.2, 0) is 16.1 Å². The number of nitrogens with one attached hydrogen (secondary N) is 1. The highest BCUT2D eigenvalue weighted by molar-refractivity contribution is 6.50. The number of aliphatic hydroxyl groups is 1. The van der Waals surface area contributed by atoms with E-state index in [9.17, 15) is 19.1 Å². The first-order chi connectivity index (χ1) is 12.6. The first kappa shape index (κ1) is 16.2. The van der Waals surface area contributed by atoms with Crippen molar-refractivity contribution >= 4 is 33.9 Å². The molecule has 0 atom stereocenters. The lowest BCUT2D eigenvalue weighted by Crippen LogP contribution is -2.22. The van der Waals surface area contributed by atoms with Gasteiger partial charge < -0.3 is 9.67 Å². The van der Waals surface area contributed by atoms with E-state index in [1.165, 1.54) is 18.3 Å². The highest BCUT2D eigenvalue weighted by atomic mass is 19.1. The van der Waals surface area contributed by atoms with Crippen LogP contribution < -0.4 is 5.32 Å². The smallest absolute Gasteiger partial charge is 0.259 e. The first-order valence-corrected chi connectivity index (χ1v) is 8.00. The molecule has 0 fully saturated rings. The lowest BCUT2D eigenvalue weighted by Gasteiger charge is -2.03. The van der Waals surface area contributed by atoms with Crippen LogP contribution >= 0.6 is 0 Å². The number of aromatic nitrogens is 2. The zero-order valence-corrected chi connectivity index (χ0v) is 13.6. The highest BCUT2D eigenvalue weighted by Gasteiger charge is 2.34. The van der Waals surface area contributed by atoms with Gasteiger partial charge in [0.2, 0.25) is 0 Å². The van der Waals surface area contributed by atoms with Crippen molar-refractivity contribution in [2.24, 2.45) is 0 Å². The quantitative estimate of drug-likeness (QED) is 0.701. The fraction of sp³-hybridized carbons (Fsp3) is 0.105. The van der Waals surface area contributed by atoms with E-state index in [0.717, 1.165) is 0 Å². The molecule has 2 aromatic heterocycles. The molecule has 3 heterocycles. The van der Waals surface area contributed by atoms with E-state index in [-0.39, 0.29) is 24.3 Å². The van der Waals surface area contributed by atoms with E-state index < -0.39 is 17.6 Å². The molecular weight excluding hydrogens is 337 g/mol. The van der Waals surface area contributed by atoms with Gasteiger partial charge in [-0.2, -0.15) is 0 Å². The largest absolute Gasteiger partial charge is 0.395 e. The van der Waals surface area contributed by atoms with Crippen molar-refractivity contribution in [3.8, 4) is 0 Å². The highest BCUT2D eigenvalue weighted by Crippen LogP contribution is 2.36. The Morgan fingerprint density at radius 1 is 1.15 bits per heavy atom. The number of carbonyl (C=O) groups excluding carboxylic acids is 2. The van der Waals surface area contributed by atoms with E-state index in [1.54, 1.807) is 35.2 Å². The lowest BCUT2D eigenvalue weighted by atomic mass is 9.97. The topological polar surface area (TPSA) is 84.2 Å². The normalized spacial score (nSPS) is 14.4.